The highest BCUT2D eigenvalue weighted by Gasteiger charge is 2.58. The number of halogens is 1. The van der Waals surface area contributed by atoms with Crippen molar-refractivity contribution < 1.29 is 9.18 Å². The highest BCUT2D eigenvalue weighted by molar-refractivity contribution is 7.15. The van der Waals surface area contributed by atoms with Gasteiger partial charge in [-0.15, -0.1) is 11.3 Å². The Morgan fingerprint density at radius 3 is 2.59 bits per heavy atom. The number of rotatable bonds is 5. The molecule has 1 atom stereocenters. The Kier molecular flexibility index (Phi) is 5.08. The zero-order valence-electron chi connectivity index (χ0n) is 16.0. The molecule has 2 aliphatic rings. The maximum Gasteiger partial charge on any atom is 0.226 e. The molecular weight excluding hydrogens is 359 g/mol. The summed E-state index contributed by atoms with van der Waals surface area (Å²) in [6.45, 7) is 6.94. The SMILES string of the molecule is CC(C)N(Cc1ccc(-c2ccc(F)cc2)s1)C(=O)C1CC12CCNCC2. The molecule has 1 aliphatic heterocycles. The first-order valence-electron chi connectivity index (χ1n) is 9.84. The zero-order valence-corrected chi connectivity index (χ0v) is 16.8. The predicted octanol–water partition coefficient (Wildman–Crippen LogP) is 4.68. The summed E-state index contributed by atoms with van der Waals surface area (Å²) < 4.78 is 13.1. The van der Waals surface area contributed by atoms with Crippen LogP contribution in [0, 0.1) is 17.2 Å². The Hall–Kier alpha value is -1.72. The number of nitrogens with one attached hydrogen (secondary N) is 1. The second-order valence-electron chi connectivity index (χ2n) is 8.20. The fourth-order valence-electron chi connectivity index (χ4n) is 4.29. The van der Waals surface area contributed by atoms with Gasteiger partial charge in [0.15, 0.2) is 0 Å². The summed E-state index contributed by atoms with van der Waals surface area (Å²) >= 11 is 1.69. The summed E-state index contributed by atoms with van der Waals surface area (Å²) in [7, 11) is 0. The first-order valence-corrected chi connectivity index (χ1v) is 10.7. The quantitative estimate of drug-likeness (QED) is 0.809. The number of nitrogens with zero attached hydrogens (tertiary/aromatic N) is 1. The Balaban J connectivity index is 1.46. The lowest BCUT2D eigenvalue weighted by molar-refractivity contribution is -0.136. The van der Waals surface area contributed by atoms with Gasteiger partial charge in [0, 0.05) is 21.7 Å². The van der Waals surface area contributed by atoms with E-state index in [0.717, 1.165) is 42.8 Å². The number of benzene rings is 1. The molecule has 0 bridgehead atoms. The van der Waals surface area contributed by atoms with Gasteiger partial charge in [0.1, 0.15) is 5.82 Å². The van der Waals surface area contributed by atoms with Gasteiger partial charge in [0.25, 0.3) is 0 Å². The van der Waals surface area contributed by atoms with Crippen LogP contribution in [0.25, 0.3) is 10.4 Å². The molecule has 1 amide bonds. The lowest BCUT2D eigenvalue weighted by Crippen LogP contribution is -2.39. The van der Waals surface area contributed by atoms with Crippen molar-refractivity contribution in [1.82, 2.24) is 10.2 Å². The molecule has 1 aliphatic carbocycles. The van der Waals surface area contributed by atoms with Crippen LogP contribution in [-0.2, 0) is 11.3 Å². The Labute approximate surface area is 164 Å². The van der Waals surface area contributed by atoms with E-state index in [4.69, 9.17) is 0 Å². The van der Waals surface area contributed by atoms with E-state index in [9.17, 15) is 9.18 Å². The number of thiophene rings is 1. The Morgan fingerprint density at radius 1 is 1.22 bits per heavy atom. The highest BCUT2D eigenvalue weighted by atomic mass is 32.1. The molecule has 2 heterocycles. The average molecular weight is 387 g/mol. The smallest absolute Gasteiger partial charge is 0.226 e. The molecule has 144 valence electrons. The minimum Gasteiger partial charge on any atom is -0.335 e. The van der Waals surface area contributed by atoms with Crippen molar-refractivity contribution in [2.45, 2.75) is 45.7 Å². The van der Waals surface area contributed by atoms with Crippen LogP contribution in [0.15, 0.2) is 36.4 Å². The minimum atomic E-state index is -0.219. The first-order chi connectivity index (χ1) is 13.0. The van der Waals surface area contributed by atoms with Crippen molar-refractivity contribution in [3.8, 4) is 10.4 Å². The summed E-state index contributed by atoms with van der Waals surface area (Å²) in [4.78, 5) is 17.5. The normalized spacial score (nSPS) is 20.8. The van der Waals surface area contributed by atoms with Gasteiger partial charge in [0.05, 0.1) is 6.54 Å². The predicted molar refractivity (Wildman–Crippen MR) is 108 cm³/mol. The number of amides is 1. The molecule has 3 nitrogen and oxygen atoms in total. The van der Waals surface area contributed by atoms with Crippen LogP contribution in [0.4, 0.5) is 4.39 Å². The van der Waals surface area contributed by atoms with Crippen molar-refractivity contribution in [3.63, 3.8) is 0 Å². The lowest BCUT2D eigenvalue weighted by atomic mass is 9.91. The Morgan fingerprint density at radius 2 is 1.93 bits per heavy atom. The van der Waals surface area contributed by atoms with Gasteiger partial charge in [-0.2, -0.15) is 0 Å². The molecule has 1 aromatic carbocycles. The number of piperidine rings is 1. The molecule has 5 heteroatoms. The van der Waals surface area contributed by atoms with E-state index in [1.54, 1.807) is 23.5 Å². The molecule has 1 aromatic heterocycles. The number of hydrogen-bond donors (Lipinski definition) is 1. The van der Waals surface area contributed by atoms with Crippen LogP contribution >= 0.6 is 11.3 Å². The third-order valence-electron chi connectivity index (χ3n) is 6.11. The van der Waals surface area contributed by atoms with E-state index in [0.29, 0.717) is 12.5 Å². The summed E-state index contributed by atoms with van der Waals surface area (Å²) in [5.74, 6) is 0.311. The molecule has 1 saturated heterocycles. The topological polar surface area (TPSA) is 32.3 Å². The molecule has 2 aromatic rings. The second-order valence-corrected chi connectivity index (χ2v) is 9.37. The summed E-state index contributed by atoms with van der Waals surface area (Å²) in [6.07, 6.45) is 3.31. The fourth-order valence-corrected chi connectivity index (χ4v) is 5.30. The molecule has 1 N–H and O–H groups in total. The zero-order chi connectivity index (χ0) is 19.0. The molecule has 1 spiro atoms. The van der Waals surface area contributed by atoms with Crippen molar-refractivity contribution in [2.75, 3.05) is 13.1 Å². The number of hydrogen-bond acceptors (Lipinski definition) is 3. The van der Waals surface area contributed by atoms with Gasteiger partial charge in [0.2, 0.25) is 5.91 Å². The molecule has 1 unspecified atom stereocenters. The van der Waals surface area contributed by atoms with Crippen molar-refractivity contribution in [1.29, 1.82) is 0 Å². The molecule has 27 heavy (non-hydrogen) atoms. The van der Waals surface area contributed by atoms with E-state index in [1.807, 2.05) is 4.90 Å². The van der Waals surface area contributed by atoms with Gasteiger partial charge >= 0.3 is 0 Å². The van der Waals surface area contributed by atoms with Crippen LogP contribution in [0.1, 0.15) is 38.0 Å². The third-order valence-corrected chi connectivity index (χ3v) is 7.23. The molecule has 0 radical (unpaired) electrons. The van der Waals surface area contributed by atoms with Crippen LogP contribution in [0.3, 0.4) is 0 Å². The highest BCUT2D eigenvalue weighted by Crippen LogP contribution is 2.59. The van der Waals surface area contributed by atoms with Crippen molar-refractivity contribution >= 4 is 17.2 Å². The van der Waals surface area contributed by atoms with Gasteiger partial charge in [-0.3, -0.25) is 4.79 Å². The van der Waals surface area contributed by atoms with Crippen LogP contribution < -0.4 is 5.32 Å². The first kappa shape index (κ1) is 18.6. The van der Waals surface area contributed by atoms with E-state index in [2.05, 4.69) is 31.3 Å². The van der Waals surface area contributed by atoms with Crippen LogP contribution in [-0.4, -0.2) is 29.9 Å². The number of carbonyl (C=O) groups excluding carboxylic acids is 1. The van der Waals surface area contributed by atoms with Crippen LogP contribution in [0.5, 0.6) is 0 Å². The molecular formula is C22H27FN2OS. The summed E-state index contributed by atoms with van der Waals surface area (Å²) in [5.41, 5.74) is 1.29. The average Bonchev–Trinajstić information content (AvgIpc) is 3.13. The summed E-state index contributed by atoms with van der Waals surface area (Å²) in [6, 6.07) is 11.0. The van der Waals surface area contributed by atoms with Gasteiger partial charge in [-0.05, 0) is 81.4 Å². The van der Waals surface area contributed by atoms with E-state index >= 15 is 0 Å². The monoisotopic (exact) mass is 386 g/mol. The van der Waals surface area contributed by atoms with E-state index in [-0.39, 0.29) is 23.2 Å². The largest absolute Gasteiger partial charge is 0.335 e. The minimum absolute atomic E-state index is 0.188. The number of carbonyl (C=O) groups is 1. The second kappa shape index (κ2) is 7.36. The van der Waals surface area contributed by atoms with Gasteiger partial charge < -0.3 is 10.2 Å². The fraction of sp³-hybridized carbons (Fsp3) is 0.500. The van der Waals surface area contributed by atoms with Crippen molar-refractivity contribution in [3.05, 3.63) is 47.1 Å². The van der Waals surface area contributed by atoms with Gasteiger partial charge in [-0.25, -0.2) is 4.39 Å². The maximum atomic E-state index is 13.2. The molecule has 4 rings (SSSR count). The third kappa shape index (κ3) is 3.81. The van der Waals surface area contributed by atoms with Crippen LogP contribution in [0.2, 0.25) is 0 Å². The Bertz CT molecular complexity index is 808. The van der Waals surface area contributed by atoms with Crippen molar-refractivity contribution in [2.24, 2.45) is 11.3 Å². The van der Waals surface area contributed by atoms with E-state index in [1.165, 1.54) is 17.0 Å². The lowest BCUT2D eigenvalue weighted by Gasteiger charge is -2.29. The van der Waals surface area contributed by atoms with E-state index < -0.39 is 0 Å². The van der Waals surface area contributed by atoms with Gasteiger partial charge in [-0.1, -0.05) is 12.1 Å². The summed E-state index contributed by atoms with van der Waals surface area (Å²) in [5, 5.41) is 3.41. The molecule has 1 saturated carbocycles. The standard InChI is InChI=1S/C22H27FN2OS/c1-15(2)25(21(26)19-13-22(19)9-11-24-12-10-22)14-18-7-8-20(27-18)16-3-5-17(23)6-4-16/h3-8,15,19,24H,9-14H2,1-2H3. The molecule has 2 fully saturated rings. The maximum absolute atomic E-state index is 13.2.